The van der Waals surface area contributed by atoms with Gasteiger partial charge in [0.2, 0.25) is 11.8 Å². The Labute approximate surface area is 243 Å². The standard InChI is InChI=1S/C33H29ClN2O3S/c1-2-19-35-33(39)31-28(23-15-17-25(34)18-16-23)29(32(38)26-14-9-20-40-26)30(24-12-7-4-8-13-24)36(31)27(37)21-22-10-5-3-6-11-22/h2-18,20,28-31H,1,19,21H2,(H,35,39). The second kappa shape index (κ2) is 12.5. The maximum atomic E-state index is 14.3. The van der Waals surface area contributed by atoms with Gasteiger partial charge in [-0.25, -0.2) is 0 Å². The van der Waals surface area contributed by atoms with Gasteiger partial charge in [0, 0.05) is 17.5 Å². The number of ketones is 1. The van der Waals surface area contributed by atoms with Gasteiger partial charge < -0.3 is 10.2 Å². The maximum Gasteiger partial charge on any atom is 0.243 e. The number of hydrogen-bond acceptors (Lipinski definition) is 4. The lowest BCUT2D eigenvalue weighted by Crippen LogP contribution is -2.49. The second-order valence-corrected chi connectivity index (χ2v) is 11.1. The van der Waals surface area contributed by atoms with Crippen LogP contribution >= 0.6 is 22.9 Å². The molecule has 0 aliphatic carbocycles. The van der Waals surface area contributed by atoms with Crippen LogP contribution in [0.5, 0.6) is 0 Å². The number of carbonyl (C=O) groups is 3. The van der Waals surface area contributed by atoms with Crippen molar-refractivity contribution < 1.29 is 14.4 Å². The Morgan fingerprint density at radius 2 is 1.55 bits per heavy atom. The maximum absolute atomic E-state index is 14.3. The molecule has 1 aromatic heterocycles. The first-order valence-corrected chi connectivity index (χ1v) is 14.4. The molecule has 5 nitrogen and oxygen atoms in total. The number of halogens is 1. The van der Waals surface area contributed by atoms with Crippen LogP contribution in [-0.4, -0.2) is 35.1 Å². The summed E-state index contributed by atoms with van der Waals surface area (Å²) in [5.41, 5.74) is 2.41. The number of amides is 2. The number of Topliss-reactive ketones (excluding diaryl/α,β-unsaturated/α-hetero) is 1. The van der Waals surface area contributed by atoms with E-state index in [1.54, 1.807) is 29.2 Å². The van der Waals surface area contributed by atoms with E-state index in [0.29, 0.717) is 9.90 Å². The highest BCUT2D eigenvalue weighted by Gasteiger charge is 2.57. The molecule has 2 heterocycles. The topological polar surface area (TPSA) is 66.5 Å². The van der Waals surface area contributed by atoms with Crippen molar-refractivity contribution in [1.82, 2.24) is 10.2 Å². The highest BCUT2D eigenvalue weighted by atomic mass is 35.5. The fraction of sp³-hybridized carbons (Fsp3) is 0.182. The number of likely N-dealkylation sites (tertiary alicyclic amines) is 1. The van der Waals surface area contributed by atoms with Crippen LogP contribution in [0.25, 0.3) is 0 Å². The zero-order chi connectivity index (χ0) is 28.1. The molecule has 1 fully saturated rings. The van der Waals surface area contributed by atoms with Crippen LogP contribution < -0.4 is 5.32 Å². The minimum Gasteiger partial charge on any atom is -0.351 e. The van der Waals surface area contributed by atoms with Crippen LogP contribution in [0.1, 0.15) is 38.3 Å². The lowest BCUT2D eigenvalue weighted by molar-refractivity contribution is -0.140. The predicted molar refractivity (Wildman–Crippen MR) is 160 cm³/mol. The summed E-state index contributed by atoms with van der Waals surface area (Å²) in [5, 5.41) is 5.33. The number of thiophene rings is 1. The normalized spacial score (nSPS) is 20.2. The van der Waals surface area contributed by atoms with Crippen molar-refractivity contribution in [3.8, 4) is 0 Å². The van der Waals surface area contributed by atoms with Crippen LogP contribution in [0, 0.1) is 5.92 Å². The van der Waals surface area contributed by atoms with Crippen LogP contribution in [0.2, 0.25) is 5.02 Å². The van der Waals surface area contributed by atoms with E-state index in [4.69, 9.17) is 11.6 Å². The summed E-state index contributed by atoms with van der Waals surface area (Å²) in [5.74, 6) is -1.97. The van der Waals surface area contributed by atoms with Crippen LogP contribution in [0.15, 0.2) is 115 Å². The molecular weight excluding hydrogens is 540 g/mol. The second-order valence-electron chi connectivity index (χ2n) is 9.74. The van der Waals surface area contributed by atoms with E-state index >= 15 is 0 Å². The van der Waals surface area contributed by atoms with Crippen molar-refractivity contribution in [2.75, 3.05) is 6.54 Å². The predicted octanol–water partition coefficient (Wildman–Crippen LogP) is 6.48. The monoisotopic (exact) mass is 568 g/mol. The van der Waals surface area contributed by atoms with Crippen LogP contribution in [-0.2, 0) is 16.0 Å². The Morgan fingerprint density at radius 3 is 2.17 bits per heavy atom. The van der Waals surface area contributed by atoms with E-state index in [1.807, 2.05) is 84.2 Å². The van der Waals surface area contributed by atoms with Gasteiger partial charge in [0.25, 0.3) is 0 Å². The number of hydrogen-bond donors (Lipinski definition) is 1. The van der Waals surface area contributed by atoms with Crippen molar-refractivity contribution in [1.29, 1.82) is 0 Å². The third-order valence-electron chi connectivity index (χ3n) is 7.30. The van der Waals surface area contributed by atoms with E-state index in [-0.39, 0.29) is 30.6 Å². The fourth-order valence-corrected chi connectivity index (χ4v) is 6.47. The molecule has 7 heteroatoms. The number of nitrogens with one attached hydrogen (secondary N) is 1. The van der Waals surface area contributed by atoms with Crippen molar-refractivity contribution in [3.05, 3.63) is 142 Å². The molecule has 5 rings (SSSR count). The van der Waals surface area contributed by atoms with Gasteiger partial charge in [0.05, 0.1) is 23.3 Å². The number of benzene rings is 3. The summed E-state index contributed by atoms with van der Waals surface area (Å²) >= 11 is 7.60. The average molecular weight is 569 g/mol. The Kier molecular flexibility index (Phi) is 8.58. The molecule has 0 bridgehead atoms. The van der Waals surface area contributed by atoms with Gasteiger partial charge >= 0.3 is 0 Å². The van der Waals surface area contributed by atoms with Gasteiger partial charge in [0.15, 0.2) is 5.78 Å². The number of rotatable bonds is 9. The van der Waals surface area contributed by atoms with Gasteiger partial charge in [-0.2, -0.15) is 0 Å². The molecule has 2 amide bonds. The molecule has 0 saturated carbocycles. The lowest BCUT2D eigenvalue weighted by atomic mass is 9.77. The summed E-state index contributed by atoms with van der Waals surface area (Å²) in [7, 11) is 0. The highest BCUT2D eigenvalue weighted by molar-refractivity contribution is 7.12. The first kappa shape index (κ1) is 27.6. The van der Waals surface area contributed by atoms with Crippen molar-refractivity contribution in [2.45, 2.75) is 24.4 Å². The minimum atomic E-state index is -0.934. The SMILES string of the molecule is C=CCNC(=O)C1C(c2ccc(Cl)cc2)C(C(=O)c2cccs2)C(c2ccccc2)N1C(=O)Cc1ccccc1. The molecule has 40 heavy (non-hydrogen) atoms. The molecule has 1 N–H and O–H groups in total. The number of carbonyl (C=O) groups excluding carboxylic acids is 3. The Hall–Kier alpha value is -4.00. The van der Waals surface area contributed by atoms with Gasteiger partial charge in [-0.05, 0) is 40.3 Å². The smallest absolute Gasteiger partial charge is 0.243 e. The molecule has 4 atom stereocenters. The van der Waals surface area contributed by atoms with Gasteiger partial charge in [-0.1, -0.05) is 96.5 Å². The molecule has 0 spiro atoms. The summed E-state index contributed by atoms with van der Waals surface area (Å²) in [6.07, 6.45) is 1.70. The van der Waals surface area contributed by atoms with E-state index in [2.05, 4.69) is 11.9 Å². The molecular formula is C33H29ClN2O3S. The molecule has 4 unspecified atom stereocenters. The molecule has 1 aliphatic rings. The minimum absolute atomic E-state index is 0.0969. The van der Waals surface area contributed by atoms with Gasteiger partial charge in [-0.3, -0.25) is 14.4 Å². The van der Waals surface area contributed by atoms with E-state index in [9.17, 15) is 14.4 Å². The molecule has 3 aromatic carbocycles. The van der Waals surface area contributed by atoms with Crippen LogP contribution in [0.3, 0.4) is 0 Å². The first-order chi connectivity index (χ1) is 19.5. The molecule has 1 saturated heterocycles. The van der Waals surface area contributed by atoms with Gasteiger partial charge in [0.1, 0.15) is 6.04 Å². The largest absolute Gasteiger partial charge is 0.351 e. The zero-order valence-electron chi connectivity index (χ0n) is 21.8. The van der Waals surface area contributed by atoms with Crippen molar-refractivity contribution >= 4 is 40.5 Å². The zero-order valence-corrected chi connectivity index (χ0v) is 23.4. The highest BCUT2D eigenvalue weighted by Crippen LogP contribution is 2.51. The third kappa shape index (κ3) is 5.64. The van der Waals surface area contributed by atoms with E-state index in [1.165, 1.54) is 11.3 Å². The van der Waals surface area contributed by atoms with E-state index in [0.717, 1.165) is 16.7 Å². The molecule has 0 radical (unpaired) electrons. The van der Waals surface area contributed by atoms with E-state index < -0.39 is 23.9 Å². The molecule has 202 valence electrons. The summed E-state index contributed by atoms with van der Waals surface area (Å²) in [6, 6.07) is 28.2. The molecule has 1 aliphatic heterocycles. The quantitative estimate of drug-likeness (QED) is 0.186. The summed E-state index contributed by atoms with van der Waals surface area (Å²) in [4.78, 5) is 44.8. The number of nitrogens with zero attached hydrogens (tertiary/aromatic N) is 1. The Morgan fingerprint density at radius 1 is 0.875 bits per heavy atom. The summed E-state index contributed by atoms with van der Waals surface area (Å²) in [6.45, 7) is 3.97. The fourth-order valence-electron chi connectivity index (χ4n) is 5.63. The Bertz CT molecular complexity index is 1470. The van der Waals surface area contributed by atoms with Crippen LogP contribution in [0.4, 0.5) is 0 Å². The first-order valence-electron chi connectivity index (χ1n) is 13.1. The van der Waals surface area contributed by atoms with Gasteiger partial charge in [-0.15, -0.1) is 17.9 Å². The Balaban J connectivity index is 1.72. The third-order valence-corrected chi connectivity index (χ3v) is 8.44. The molecule has 4 aromatic rings. The van der Waals surface area contributed by atoms with Crippen molar-refractivity contribution in [3.63, 3.8) is 0 Å². The summed E-state index contributed by atoms with van der Waals surface area (Å²) < 4.78 is 0. The average Bonchev–Trinajstić information content (AvgIpc) is 3.64. The lowest BCUT2D eigenvalue weighted by Gasteiger charge is -2.31. The van der Waals surface area contributed by atoms with Crippen molar-refractivity contribution in [2.24, 2.45) is 5.92 Å².